The zero-order chi connectivity index (χ0) is 26.3. The van der Waals surface area contributed by atoms with Crippen molar-refractivity contribution in [1.29, 1.82) is 0 Å². The number of hydrogen-bond donors (Lipinski definition) is 2. The highest BCUT2D eigenvalue weighted by Gasteiger charge is 2.30. The van der Waals surface area contributed by atoms with Gasteiger partial charge in [-0.2, -0.15) is 13.2 Å². The lowest BCUT2D eigenvalue weighted by Crippen LogP contribution is -2.22. The smallest absolute Gasteiger partial charge is 0.416 e. The third kappa shape index (κ3) is 4.42. The standard InChI is InChI=1S/C27H21F3N4O3/c1-3-34-23-17(14-32-24-21(23)7-8-31-24)12-22(26(34)36)15-9-16(11-20(10-15)37-2)25(35)33-19-6-4-5-18(13-19)27(28,29)30/h4-14H,3H2,1-2H3,(H,31,32)(H,33,35). The van der Waals surface area contributed by atoms with Crippen molar-refractivity contribution >= 4 is 33.5 Å². The number of halogens is 3. The summed E-state index contributed by atoms with van der Waals surface area (Å²) in [5, 5.41) is 4.05. The van der Waals surface area contributed by atoms with Crippen LogP contribution in [0.3, 0.4) is 0 Å². The number of aromatic nitrogens is 3. The summed E-state index contributed by atoms with van der Waals surface area (Å²) in [6, 6.07) is 12.5. The number of carbonyl (C=O) groups is 1. The van der Waals surface area contributed by atoms with Gasteiger partial charge in [0.1, 0.15) is 11.4 Å². The summed E-state index contributed by atoms with van der Waals surface area (Å²) in [6.45, 7) is 2.27. The summed E-state index contributed by atoms with van der Waals surface area (Å²) in [6.07, 6.45) is -1.11. The lowest BCUT2D eigenvalue weighted by molar-refractivity contribution is -0.137. The Kier molecular flexibility index (Phi) is 5.94. The minimum atomic E-state index is -4.54. The Morgan fingerprint density at radius 2 is 1.95 bits per heavy atom. The Morgan fingerprint density at radius 1 is 1.14 bits per heavy atom. The average Bonchev–Trinajstić information content (AvgIpc) is 3.37. The third-order valence-electron chi connectivity index (χ3n) is 6.11. The van der Waals surface area contributed by atoms with Gasteiger partial charge in [0.25, 0.3) is 11.5 Å². The molecular formula is C27H21F3N4O3. The predicted octanol–water partition coefficient (Wildman–Crippen LogP) is 5.84. The first-order chi connectivity index (χ1) is 17.7. The molecule has 0 aliphatic carbocycles. The minimum Gasteiger partial charge on any atom is -0.497 e. The van der Waals surface area contributed by atoms with E-state index in [4.69, 9.17) is 4.74 Å². The topological polar surface area (TPSA) is 89.0 Å². The number of fused-ring (bicyclic) bond motifs is 3. The molecule has 0 spiro atoms. The van der Waals surface area contributed by atoms with Crippen molar-refractivity contribution in [2.24, 2.45) is 0 Å². The SMILES string of the molecule is CCn1c(=O)c(-c2cc(OC)cc(C(=O)Nc3cccc(C(F)(F)F)c3)c2)cc2cnc3[nH]ccc3c21. The number of carbonyl (C=O) groups excluding carboxylic acids is 1. The van der Waals surface area contributed by atoms with Crippen LogP contribution in [0.2, 0.25) is 0 Å². The number of benzene rings is 2. The molecule has 7 nitrogen and oxygen atoms in total. The molecule has 0 aliphatic rings. The van der Waals surface area contributed by atoms with Gasteiger partial charge < -0.3 is 19.6 Å². The third-order valence-corrected chi connectivity index (χ3v) is 6.11. The van der Waals surface area contributed by atoms with Crippen LogP contribution in [-0.2, 0) is 12.7 Å². The van der Waals surface area contributed by atoms with E-state index in [0.717, 1.165) is 28.4 Å². The maximum absolute atomic E-state index is 13.6. The van der Waals surface area contributed by atoms with E-state index in [-0.39, 0.29) is 16.8 Å². The van der Waals surface area contributed by atoms with Crippen molar-refractivity contribution in [2.45, 2.75) is 19.6 Å². The van der Waals surface area contributed by atoms with Gasteiger partial charge in [-0.1, -0.05) is 6.07 Å². The summed E-state index contributed by atoms with van der Waals surface area (Å²) in [4.78, 5) is 34.1. The zero-order valence-electron chi connectivity index (χ0n) is 19.8. The normalized spacial score (nSPS) is 11.7. The quantitative estimate of drug-likeness (QED) is 0.313. The van der Waals surface area contributed by atoms with Gasteiger partial charge in [-0.25, -0.2) is 4.98 Å². The molecule has 5 rings (SSSR count). The summed E-state index contributed by atoms with van der Waals surface area (Å²) in [5.41, 5.74) is 1.14. The number of amides is 1. The first-order valence-electron chi connectivity index (χ1n) is 11.4. The van der Waals surface area contributed by atoms with Crippen molar-refractivity contribution in [3.8, 4) is 16.9 Å². The predicted molar refractivity (Wildman–Crippen MR) is 135 cm³/mol. The van der Waals surface area contributed by atoms with E-state index in [0.29, 0.717) is 29.1 Å². The highest BCUT2D eigenvalue weighted by Crippen LogP contribution is 2.32. The number of hydrogen-bond acceptors (Lipinski definition) is 4. The molecule has 188 valence electrons. The van der Waals surface area contributed by atoms with E-state index in [1.807, 2.05) is 13.0 Å². The molecule has 1 amide bonds. The fourth-order valence-corrected chi connectivity index (χ4v) is 4.37. The number of nitrogens with one attached hydrogen (secondary N) is 2. The zero-order valence-corrected chi connectivity index (χ0v) is 19.8. The van der Waals surface area contributed by atoms with Gasteiger partial charge in [-0.05, 0) is 61.0 Å². The lowest BCUT2D eigenvalue weighted by Gasteiger charge is -2.14. The molecule has 0 saturated heterocycles. The van der Waals surface area contributed by atoms with Crippen molar-refractivity contribution in [1.82, 2.24) is 14.5 Å². The number of rotatable bonds is 5. The van der Waals surface area contributed by atoms with E-state index in [1.165, 1.54) is 31.4 Å². The highest BCUT2D eigenvalue weighted by atomic mass is 19.4. The highest BCUT2D eigenvalue weighted by molar-refractivity contribution is 6.06. The number of aromatic amines is 1. The molecule has 5 aromatic rings. The van der Waals surface area contributed by atoms with E-state index >= 15 is 0 Å². The van der Waals surface area contributed by atoms with Crippen molar-refractivity contribution in [2.75, 3.05) is 12.4 Å². The van der Waals surface area contributed by atoms with Crippen LogP contribution in [0.4, 0.5) is 18.9 Å². The molecule has 10 heteroatoms. The van der Waals surface area contributed by atoms with Crippen LogP contribution in [0, 0.1) is 0 Å². The second-order valence-corrected chi connectivity index (χ2v) is 8.39. The first kappa shape index (κ1) is 24.1. The number of nitrogens with zero attached hydrogens (tertiary/aromatic N) is 2. The van der Waals surface area contributed by atoms with Crippen LogP contribution in [0.5, 0.6) is 5.75 Å². The number of H-pyrrole nitrogens is 1. The molecule has 0 saturated carbocycles. The number of anilines is 1. The summed E-state index contributed by atoms with van der Waals surface area (Å²) in [7, 11) is 1.42. The van der Waals surface area contributed by atoms with Crippen LogP contribution in [0.1, 0.15) is 22.8 Å². The molecule has 2 aromatic carbocycles. The molecule has 0 aliphatic heterocycles. The van der Waals surface area contributed by atoms with Crippen LogP contribution in [0.25, 0.3) is 33.1 Å². The second kappa shape index (κ2) is 9.12. The Bertz CT molecular complexity index is 1720. The summed E-state index contributed by atoms with van der Waals surface area (Å²) < 4.78 is 46.2. The molecule has 0 bridgehead atoms. The Balaban J connectivity index is 1.60. The van der Waals surface area contributed by atoms with Crippen LogP contribution >= 0.6 is 0 Å². The fourth-order valence-electron chi connectivity index (χ4n) is 4.37. The van der Waals surface area contributed by atoms with E-state index < -0.39 is 17.6 Å². The maximum Gasteiger partial charge on any atom is 0.416 e. The molecule has 0 radical (unpaired) electrons. The van der Waals surface area contributed by atoms with E-state index in [1.54, 1.807) is 29.1 Å². The fraction of sp³-hybridized carbons (Fsp3) is 0.148. The van der Waals surface area contributed by atoms with E-state index in [9.17, 15) is 22.8 Å². The average molecular weight is 506 g/mol. The van der Waals surface area contributed by atoms with Gasteiger partial charge in [-0.3, -0.25) is 9.59 Å². The van der Waals surface area contributed by atoms with E-state index in [2.05, 4.69) is 15.3 Å². The van der Waals surface area contributed by atoms with Crippen LogP contribution in [-0.4, -0.2) is 27.6 Å². The summed E-state index contributed by atoms with van der Waals surface area (Å²) >= 11 is 0. The van der Waals surface area contributed by atoms with Gasteiger partial charge in [-0.15, -0.1) is 0 Å². The molecular weight excluding hydrogens is 485 g/mol. The number of alkyl halides is 3. The monoisotopic (exact) mass is 506 g/mol. The molecule has 37 heavy (non-hydrogen) atoms. The second-order valence-electron chi connectivity index (χ2n) is 8.39. The van der Waals surface area contributed by atoms with Gasteiger partial charge >= 0.3 is 6.18 Å². The van der Waals surface area contributed by atoms with Gasteiger partial charge in [0.15, 0.2) is 0 Å². The minimum absolute atomic E-state index is 0.00941. The van der Waals surface area contributed by atoms with Crippen LogP contribution < -0.4 is 15.6 Å². The first-order valence-corrected chi connectivity index (χ1v) is 11.4. The number of methoxy groups -OCH3 is 1. The largest absolute Gasteiger partial charge is 0.497 e. The van der Waals surface area contributed by atoms with Gasteiger partial charge in [0.2, 0.25) is 0 Å². The molecule has 3 heterocycles. The molecule has 2 N–H and O–H groups in total. The van der Waals surface area contributed by atoms with Gasteiger partial charge in [0.05, 0.1) is 18.2 Å². The molecule has 0 unspecified atom stereocenters. The maximum atomic E-state index is 13.6. The number of ether oxygens (including phenoxy) is 1. The number of pyridine rings is 2. The summed E-state index contributed by atoms with van der Waals surface area (Å²) in [5.74, 6) is -0.333. The van der Waals surface area contributed by atoms with Crippen LogP contribution in [0.15, 0.2) is 71.8 Å². The Labute approximate surface area is 208 Å². The molecule has 0 atom stereocenters. The van der Waals surface area contributed by atoms with Gasteiger partial charge in [0, 0.05) is 46.5 Å². The molecule has 3 aromatic heterocycles. The molecule has 0 fully saturated rings. The lowest BCUT2D eigenvalue weighted by atomic mass is 10.0. The Hall–Kier alpha value is -4.60. The van der Waals surface area contributed by atoms with Crippen molar-refractivity contribution in [3.05, 3.63) is 88.5 Å². The Morgan fingerprint density at radius 3 is 2.68 bits per heavy atom. The number of aryl methyl sites for hydroxylation is 1. The van der Waals surface area contributed by atoms with Crippen molar-refractivity contribution in [3.63, 3.8) is 0 Å². The van der Waals surface area contributed by atoms with Crippen molar-refractivity contribution < 1.29 is 22.7 Å².